The Morgan fingerprint density at radius 2 is 2.30 bits per heavy atom. The smallest absolute Gasteiger partial charge is 0.158 e. The molecule has 2 rings (SSSR count). The third kappa shape index (κ3) is 6.51. The zero-order valence-corrected chi connectivity index (χ0v) is 14.6. The minimum atomic E-state index is -0.0298. The van der Waals surface area contributed by atoms with Gasteiger partial charge in [0.2, 0.25) is 0 Å². The van der Waals surface area contributed by atoms with Gasteiger partial charge >= 0.3 is 0 Å². The summed E-state index contributed by atoms with van der Waals surface area (Å²) in [7, 11) is 0. The van der Waals surface area contributed by atoms with Crippen LogP contribution in [-0.4, -0.2) is 31.7 Å². The lowest BCUT2D eigenvalue weighted by Crippen LogP contribution is -2.23. The third-order valence-corrected chi connectivity index (χ3v) is 4.38. The molecule has 3 nitrogen and oxygen atoms in total. The van der Waals surface area contributed by atoms with Crippen molar-refractivity contribution >= 4 is 0 Å². The number of hydrogen-bond acceptors (Lipinski definition) is 3. The van der Waals surface area contributed by atoms with Crippen LogP contribution in [0.3, 0.4) is 0 Å². The van der Waals surface area contributed by atoms with Gasteiger partial charge in [-0.2, -0.15) is 0 Å². The van der Waals surface area contributed by atoms with Crippen molar-refractivity contribution in [3.63, 3.8) is 0 Å². The topological polar surface area (TPSA) is 27.7 Å². The summed E-state index contributed by atoms with van der Waals surface area (Å²) in [4.78, 5) is 0. The molecule has 1 saturated heterocycles. The molecule has 0 amide bonds. The van der Waals surface area contributed by atoms with Crippen molar-refractivity contribution in [3.8, 4) is 12.3 Å². The summed E-state index contributed by atoms with van der Waals surface area (Å²) in [6, 6.07) is 0. The van der Waals surface area contributed by atoms with E-state index in [2.05, 4.69) is 31.9 Å². The molecule has 0 saturated carbocycles. The third-order valence-electron chi connectivity index (χ3n) is 4.38. The van der Waals surface area contributed by atoms with E-state index in [0.29, 0.717) is 6.61 Å². The van der Waals surface area contributed by atoms with Gasteiger partial charge in [0.15, 0.2) is 6.29 Å². The average molecular weight is 318 g/mol. The fourth-order valence-electron chi connectivity index (χ4n) is 3.04. The maximum atomic E-state index is 6.11. The fraction of sp³-hybridized carbons (Fsp3) is 0.700. The predicted molar refractivity (Wildman–Crippen MR) is 93.0 cm³/mol. The maximum Gasteiger partial charge on any atom is 0.158 e. The van der Waals surface area contributed by atoms with Gasteiger partial charge in [-0.05, 0) is 63.5 Å². The van der Waals surface area contributed by atoms with Gasteiger partial charge in [-0.15, -0.1) is 12.3 Å². The molecule has 0 N–H and O–H groups in total. The van der Waals surface area contributed by atoms with Crippen molar-refractivity contribution in [2.75, 3.05) is 13.2 Å². The van der Waals surface area contributed by atoms with E-state index in [1.807, 2.05) is 0 Å². The predicted octanol–water partition coefficient (Wildman–Crippen LogP) is 4.38. The van der Waals surface area contributed by atoms with Crippen LogP contribution in [-0.2, 0) is 14.2 Å². The van der Waals surface area contributed by atoms with Crippen LogP contribution >= 0.6 is 0 Å². The van der Waals surface area contributed by atoms with Gasteiger partial charge in [0.05, 0.1) is 18.8 Å². The average Bonchev–Trinajstić information content (AvgIpc) is 2.90. The molecule has 3 atom stereocenters. The second kappa shape index (κ2) is 9.93. The Kier molecular flexibility index (Phi) is 7.88. The van der Waals surface area contributed by atoms with Crippen molar-refractivity contribution in [1.29, 1.82) is 0 Å². The summed E-state index contributed by atoms with van der Waals surface area (Å²) in [5.74, 6) is 2.69. The Balaban J connectivity index is 1.70. The van der Waals surface area contributed by atoms with Crippen LogP contribution in [0.2, 0.25) is 0 Å². The monoisotopic (exact) mass is 318 g/mol. The molecule has 23 heavy (non-hydrogen) atoms. The first-order valence-electron chi connectivity index (χ1n) is 8.87. The van der Waals surface area contributed by atoms with Crippen LogP contribution in [0.15, 0.2) is 23.3 Å². The molecule has 2 aliphatic rings. The molecule has 0 aliphatic carbocycles. The van der Waals surface area contributed by atoms with E-state index in [4.69, 9.17) is 20.6 Å². The summed E-state index contributed by atoms with van der Waals surface area (Å²) < 4.78 is 17.5. The first kappa shape index (κ1) is 18.3. The van der Waals surface area contributed by atoms with Crippen LogP contribution in [0, 0.1) is 12.3 Å². The lowest BCUT2D eigenvalue weighted by Gasteiger charge is -2.23. The number of terminal acetylenes is 1. The number of rotatable bonds is 8. The highest BCUT2D eigenvalue weighted by atomic mass is 16.7. The molecule has 0 radical (unpaired) electrons. The van der Waals surface area contributed by atoms with Crippen molar-refractivity contribution in [3.05, 3.63) is 23.3 Å². The molecular weight excluding hydrogens is 288 g/mol. The van der Waals surface area contributed by atoms with Crippen molar-refractivity contribution in [2.24, 2.45) is 0 Å². The van der Waals surface area contributed by atoms with Gasteiger partial charge in [-0.1, -0.05) is 12.2 Å². The highest BCUT2D eigenvalue weighted by molar-refractivity contribution is 5.20. The second-order valence-electron chi connectivity index (χ2n) is 6.57. The van der Waals surface area contributed by atoms with Gasteiger partial charge in [0.1, 0.15) is 0 Å². The quantitative estimate of drug-likeness (QED) is 0.377. The molecule has 2 aliphatic heterocycles. The first-order valence-corrected chi connectivity index (χ1v) is 8.87. The van der Waals surface area contributed by atoms with Crippen molar-refractivity contribution < 1.29 is 14.2 Å². The number of hydrogen-bond donors (Lipinski definition) is 0. The number of ether oxygens (including phenoxy) is 3. The van der Waals surface area contributed by atoms with Crippen molar-refractivity contribution in [1.82, 2.24) is 0 Å². The lowest BCUT2D eigenvalue weighted by atomic mass is 10.1. The van der Waals surface area contributed by atoms with Gasteiger partial charge in [-0.3, -0.25) is 0 Å². The van der Waals surface area contributed by atoms with E-state index < -0.39 is 0 Å². The zero-order valence-electron chi connectivity index (χ0n) is 14.6. The fourth-order valence-corrected chi connectivity index (χ4v) is 3.04. The Labute approximate surface area is 141 Å². The zero-order chi connectivity index (χ0) is 16.5. The number of unbranched alkanes of at least 4 members (excludes halogenated alkanes) is 2. The maximum absolute atomic E-state index is 6.11. The van der Waals surface area contributed by atoms with E-state index in [9.17, 15) is 0 Å². The van der Waals surface area contributed by atoms with Gasteiger partial charge in [0, 0.05) is 13.0 Å². The molecular formula is C20H30O3. The van der Waals surface area contributed by atoms with Crippen LogP contribution in [0.4, 0.5) is 0 Å². The highest BCUT2D eigenvalue weighted by Gasteiger charge is 2.22. The van der Waals surface area contributed by atoms with Gasteiger partial charge < -0.3 is 14.2 Å². The molecule has 1 unspecified atom stereocenters. The molecule has 0 bridgehead atoms. The first-order chi connectivity index (χ1) is 11.2. The Hall–Kier alpha value is -1.08. The molecule has 0 aromatic carbocycles. The Morgan fingerprint density at radius 1 is 1.43 bits per heavy atom. The molecule has 1 fully saturated rings. The highest BCUT2D eigenvalue weighted by Crippen LogP contribution is 2.25. The SMILES string of the molecule is C#CCCCC[C@H]1O[C@@H](/C=C(\C)COC2CCCCO2)C=C1C. The lowest BCUT2D eigenvalue weighted by molar-refractivity contribution is -0.156. The van der Waals surface area contributed by atoms with E-state index in [1.54, 1.807) is 0 Å². The molecule has 3 heteroatoms. The summed E-state index contributed by atoms with van der Waals surface area (Å²) in [6.07, 6.45) is 17.4. The molecule has 2 heterocycles. The van der Waals surface area contributed by atoms with Crippen LogP contribution < -0.4 is 0 Å². The van der Waals surface area contributed by atoms with E-state index in [0.717, 1.165) is 45.1 Å². The second-order valence-corrected chi connectivity index (χ2v) is 6.57. The van der Waals surface area contributed by atoms with Crippen molar-refractivity contribution in [2.45, 2.75) is 77.3 Å². The molecule has 0 spiro atoms. The minimum absolute atomic E-state index is 0.0298. The van der Waals surface area contributed by atoms with Crippen LogP contribution in [0.25, 0.3) is 0 Å². The molecule has 0 aromatic heterocycles. The van der Waals surface area contributed by atoms with E-state index >= 15 is 0 Å². The summed E-state index contributed by atoms with van der Waals surface area (Å²) in [5, 5.41) is 0. The van der Waals surface area contributed by atoms with Crippen LogP contribution in [0.5, 0.6) is 0 Å². The Bertz CT molecular complexity index is 452. The summed E-state index contributed by atoms with van der Waals surface area (Å²) in [5.41, 5.74) is 2.53. The van der Waals surface area contributed by atoms with Crippen LogP contribution in [0.1, 0.15) is 58.8 Å². The van der Waals surface area contributed by atoms with E-state index in [-0.39, 0.29) is 18.5 Å². The standard InChI is InChI=1S/C20H30O3/c1-4-5-6-7-10-19-17(3)14-18(23-19)13-16(2)15-22-20-11-8-9-12-21-20/h1,13-14,18-20H,5-12,15H2,2-3H3/b16-13+/t18-,19+,20?/m0/s1. The summed E-state index contributed by atoms with van der Waals surface area (Å²) >= 11 is 0. The molecule has 128 valence electrons. The van der Waals surface area contributed by atoms with E-state index in [1.165, 1.54) is 17.6 Å². The normalized spacial score (nSPS) is 28.5. The van der Waals surface area contributed by atoms with Gasteiger partial charge in [0.25, 0.3) is 0 Å². The summed E-state index contributed by atoms with van der Waals surface area (Å²) in [6.45, 7) is 5.68. The van der Waals surface area contributed by atoms with Gasteiger partial charge in [-0.25, -0.2) is 0 Å². The minimum Gasteiger partial charge on any atom is -0.362 e. The Morgan fingerprint density at radius 3 is 3.04 bits per heavy atom. The largest absolute Gasteiger partial charge is 0.362 e. The molecule has 0 aromatic rings.